The molecule has 0 bridgehead atoms. The molecule has 0 fully saturated rings. The van der Waals surface area contributed by atoms with Crippen LogP contribution in [-0.2, 0) is 10.1 Å². The minimum atomic E-state index is -4.04. The van der Waals surface area contributed by atoms with Gasteiger partial charge in [-0.05, 0) is 33.2 Å². The summed E-state index contributed by atoms with van der Waals surface area (Å²) < 4.78 is 28.6. The number of fused-ring (bicyclic) bond motifs is 2. The van der Waals surface area contributed by atoms with E-state index < -0.39 is 21.8 Å². The number of rotatable bonds is 7. The summed E-state index contributed by atoms with van der Waals surface area (Å²) in [5.41, 5.74) is -0.698. The standard InChI is InChI=1S/C20H22N4O7S/c1-10-18(27)12(9-25)15-17(19(10)31-32(4,29)30)23-14-11(5-6-13(26)16(14)22-15)20(28)21-7-8-24(2)3/h5-6,9,26-27H,7-8H2,1-4H3,(H,21,28). The van der Waals surface area contributed by atoms with E-state index in [0.29, 0.717) is 19.4 Å². The molecule has 0 aliphatic heterocycles. The van der Waals surface area contributed by atoms with Gasteiger partial charge < -0.3 is 24.6 Å². The van der Waals surface area contributed by atoms with Crippen molar-refractivity contribution in [3.63, 3.8) is 0 Å². The summed E-state index contributed by atoms with van der Waals surface area (Å²) in [7, 11) is -0.331. The van der Waals surface area contributed by atoms with Crippen molar-refractivity contribution < 1.29 is 32.4 Å². The average molecular weight is 462 g/mol. The van der Waals surface area contributed by atoms with Crippen molar-refractivity contribution in [3.8, 4) is 17.2 Å². The van der Waals surface area contributed by atoms with Gasteiger partial charge in [-0.1, -0.05) is 0 Å². The second kappa shape index (κ2) is 8.55. The smallest absolute Gasteiger partial charge is 0.306 e. The molecule has 0 aliphatic rings. The maximum atomic E-state index is 12.7. The highest BCUT2D eigenvalue weighted by molar-refractivity contribution is 7.86. The summed E-state index contributed by atoms with van der Waals surface area (Å²) in [5, 5.41) is 23.4. The zero-order valence-electron chi connectivity index (χ0n) is 17.8. The molecule has 11 nitrogen and oxygen atoms in total. The number of phenols is 2. The topological polar surface area (TPSA) is 159 Å². The van der Waals surface area contributed by atoms with Crippen LogP contribution in [0, 0.1) is 6.92 Å². The van der Waals surface area contributed by atoms with E-state index in [4.69, 9.17) is 4.18 Å². The van der Waals surface area contributed by atoms with Crippen LogP contribution in [-0.4, -0.2) is 79.1 Å². The summed E-state index contributed by atoms with van der Waals surface area (Å²) in [6.07, 6.45) is 1.15. The molecular formula is C20H22N4O7S. The first-order chi connectivity index (χ1) is 14.9. The third-order valence-corrected chi connectivity index (χ3v) is 5.13. The molecule has 3 aromatic rings. The molecule has 0 saturated heterocycles. The number of nitrogens with one attached hydrogen (secondary N) is 1. The molecular weight excluding hydrogens is 440 g/mol. The number of carbonyl (C=O) groups excluding carboxylic acids is 2. The normalized spacial score (nSPS) is 11.8. The molecule has 1 aromatic heterocycles. The largest absolute Gasteiger partial charge is 0.507 e. The monoisotopic (exact) mass is 462 g/mol. The molecule has 2 aromatic carbocycles. The van der Waals surface area contributed by atoms with Crippen molar-refractivity contribution >= 4 is 44.4 Å². The number of phenolic OH excluding ortho intramolecular Hbond substituents is 2. The third-order valence-electron chi connectivity index (χ3n) is 4.66. The van der Waals surface area contributed by atoms with Gasteiger partial charge in [0, 0.05) is 18.7 Å². The van der Waals surface area contributed by atoms with E-state index in [1.807, 2.05) is 19.0 Å². The predicted molar refractivity (Wildman–Crippen MR) is 117 cm³/mol. The van der Waals surface area contributed by atoms with Crippen molar-refractivity contribution in [2.24, 2.45) is 0 Å². The van der Waals surface area contributed by atoms with Crippen molar-refractivity contribution in [1.29, 1.82) is 0 Å². The van der Waals surface area contributed by atoms with Crippen LogP contribution in [0.3, 0.4) is 0 Å². The Hall–Kier alpha value is -3.51. The number of benzene rings is 2. The lowest BCUT2D eigenvalue weighted by Gasteiger charge is -2.15. The quantitative estimate of drug-likeness (QED) is 0.262. The molecule has 32 heavy (non-hydrogen) atoms. The van der Waals surface area contributed by atoms with Gasteiger partial charge in [-0.2, -0.15) is 8.42 Å². The third kappa shape index (κ3) is 4.41. The molecule has 170 valence electrons. The maximum absolute atomic E-state index is 12.7. The number of carbonyl (C=O) groups is 2. The first-order valence-electron chi connectivity index (χ1n) is 9.41. The Morgan fingerprint density at radius 1 is 1.16 bits per heavy atom. The Kier molecular flexibility index (Phi) is 6.19. The highest BCUT2D eigenvalue weighted by Gasteiger charge is 2.25. The van der Waals surface area contributed by atoms with Gasteiger partial charge in [0.15, 0.2) is 12.0 Å². The molecule has 0 spiro atoms. The average Bonchev–Trinajstić information content (AvgIpc) is 2.70. The number of hydrogen-bond donors (Lipinski definition) is 3. The number of aldehydes is 1. The van der Waals surface area contributed by atoms with Crippen molar-refractivity contribution in [2.45, 2.75) is 6.92 Å². The van der Waals surface area contributed by atoms with Crippen molar-refractivity contribution in [3.05, 3.63) is 28.8 Å². The molecule has 0 atom stereocenters. The molecule has 3 rings (SSSR count). The van der Waals surface area contributed by atoms with Crippen LogP contribution in [0.25, 0.3) is 22.1 Å². The highest BCUT2D eigenvalue weighted by Crippen LogP contribution is 2.40. The minimum Gasteiger partial charge on any atom is -0.507 e. The van der Waals surface area contributed by atoms with Crippen LogP contribution >= 0.6 is 0 Å². The zero-order valence-corrected chi connectivity index (χ0v) is 18.6. The van der Waals surface area contributed by atoms with E-state index >= 15 is 0 Å². The highest BCUT2D eigenvalue weighted by atomic mass is 32.2. The lowest BCUT2D eigenvalue weighted by atomic mass is 10.0. The van der Waals surface area contributed by atoms with E-state index in [0.717, 1.165) is 6.26 Å². The molecule has 12 heteroatoms. The number of nitrogens with zero attached hydrogens (tertiary/aromatic N) is 3. The Labute approximate surface area is 183 Å². The van der Waals surface area contributed by atoms with Gasteiger partial charge in [0.25, 0.3) is 5.91 Å². The number of likely N-dealkylation sites (N-methyl/N-ethyl adjacent to an activating group) is 1. The molecule has 0 unspecified atom stereocenters. The maximum Gasteiger partial charge on any atom is 0.306 e. The second-order valence-electron chi connectivity index (χ2n) is 7.43. The summed E-state index contributed by atoms with van der Waals surface area (Å²) in [4.78, 5) is 34.8. The predicted octanol–water partition coefficient (Wildman–Crippen LogP) is 0.945. The van der Waals surface area contributed by atoms with Crippen LogP contribution in [0.5, 0.6) is 17.2 Å². The van der Waals surface area contributed by atoms with Crippen LogP contribution in [0.2, 0.25) is 0 Å². The number of amides is 1. The van der Waals surface area contributed by atoms with Crippen molar-refractivity contribution in [2.75, 3.05) is 33.4 Å². The molecule has 3 N–H and O–H groups in total. The summed E-state index contributed by atoms with van der Waals surface area (Å²) in [5.74, 6) is -1.66. The summed E-state index contributed by atoms with van der Waals surface area (Å²) in [6, 6.07) is 2.61. The van der Waals surface area contributed by atoms with Crippen LogP contribution in [0.15, 0.2) is 12.1 Å². The van der Waals surface area contributed by atoms with Crippen LogP contribution in [0.4, 0.5) is 0 Å². The summed E-state index contributed by atoms with van der Waals surface area (Å²) in [6.45, 7) is 2.29. The fourth-order valence-corrected chi connectivity index (χ4v) is 3.61. The SMILES string of the molecule is Cc1c(O)c(C=O)c2nc3c(O)ccc(C(=O)NCCN(C)C)c3nc2c1OS(C)(=O)=O. The van der Waals surface area contributed by atoms with Crippen LogP contribution < -0.4 is 9.50 Å². The molecule has 0 saturated carbocycles. The van der Waals surface area contributed by atoms with E-state index in [9.17, 15) is 28.2 Å². The Balaban J connectivity index is 2.34. The Morgan fingerprint density at radius 2 is 1.81 bits per heavy atom. The number of aromatic nitrogens is 2. The van der Waals surface area contributed by atoms with Gasteiger partial charge in [0.05, 0.1) is 17.4 Å². The van der Waals surface area contributed by atoms with E-state index in [2.05, 4.69) is 15.3 Å². The van der Waals surface area contributed by atoms with E-state index in [1.165, 1.54) is 19.1 Å². The van der Waals surface area contributed by atoms with Gasteiger partial charge in [-0.25, -0.2) is 9.97 Å². The fourth-order valence-electron chi connectivity index (χ4n) is 3.10. The van der Waals surface area contributed by atoms with Gasteiger partial charge in [-0.3, -0.25) is 9.59 Å². The molecule has 0 radical (unpaired) electrons. The lowest BCUT2D eigenvalue weighted by Crippen LogP contribution is -2.31. The zero-order chi connectivity index (χ0) is 23.8. The number of hydrogen-bond acceptors (Lipinski definition) is 10. The first-order valence-corrected chi connectivity index (χ1v) is 11.2. The first kappa shape index (κ1) is 23.2. The Morgan fingerprint density at radius 3 is 2.41 bits per heavy atom. The minimum absolute atomic E-state index is 0.0276. The van der Waals surface area contributed by atoms with E-state index in [1.54, 1.807) is 0 Å². The van der Waals surface area contributed by atoms with Gasteiger partial charge in [0.1, 0.15) is 33.6 Å². The fraction of sp³-hybridized carbons (Fsp3) is 0.300. The molecule has 1 amide bonds. The Bertz CT molecular complexity index is 1350. The molecule has 0 aliphatic carbocycles. The van der Waals surface area contributed by atoms with E-state index in [-0.39, 0.29) is 50.3 Å². The van der Waals surface area contributed by atoms with Gasteiger partial charge in [0.2, 0.25) is 0 Å². The van der Waals surface area contributed by atoms with Gasteiger partial charge in [-0.15, -0.1) is 0 Å². The van der Waals surface area contributed by atoms with Crippen molar-refractivity contribution in [1.82, 2.24) is 20.2 Å². The second-order valence-corrected chi connectivity index (χ2v) is 9.01. The van der Waals surface area contributed by atoms with Crippen LogP contribution in [0.1, 0.15) is 26.3 Å². The lowest BCUT2D eigenvalue weighted by molar-refractivity contribution is 0.0952. The molecule has 1 heterocycles. The van der Waals surface area contributed by atoms with Gasteiger partial charge >= 0.3 is 10.1 Å². The summed E-state index contributed by atoms with van der Waals surface area (Å²) >= 11 is 0. The number of aromatic hydroxyl groups is 2.